The summed E-state index contributed by atoms with van der Waals surface area (Å²) in [5.74, 6) is -0.288. The topological polar surface area (TPSA) is 75.4 Å². The van der Waals surface area contributed by atoms with Crippen LogP contribution in [0.2, 0.25) is 5.02 Å². The summed E-state index contributed by atoms with van der Waals surface area (Å²) in [6, 6.07) is 4.95. The average molecular weight is 404 g/mol. The van der Waals surface area contributed by atoms with Crippen LogP contribution in [-0.4, -0.2) is 36.9 Å². The second-order valence-electron chi connectivity index (χ2n) is 8.51. The van der Waals surface area contributed by atoms with Crippen LogP contribution in [0.4, 0.5) is 5.69 Å². The molecule has 148 valence electrons. The third-order valence-corrected chi connectivity index (χ3v) is 4.07. The third kappa shape index (κ3) is 7.94. The molecule has 0 radical (unpaired) electrons. The number of nitrogens with zero attached hydrogens (tertiary/aromatic N) is 1. The van der Waals surface area contributed by atoms with E-state index >= 15 is 0 Å². The highest BCUT2D eigenvalue weighted by molar-refractivity contribution is 6.34. The Bertz CT molecular complexity index is 640. The molecule has 2 amide bonds. The van der Waals surface area contributed by atoms with Crippen LogP contribution in [0.1, 0.15) is 51.4 Å². The highest BCUT2D eigenvalue weighted by Gasteiger charge is 2.24. The van der Waals surface area contributed by atoms with Crippen LogP contribution in [0, 0.1) is 10.8 Å². The van der Waals surface area contributed by atoms with E-state index in [0.29, 0.717) is 35.8 Å². The van der Waals surface area contributed by atoms with Crippen molar-refractivity contribution in [2.75, 3.05) is 25.5 Å². The van der Waals surface area contributed by atoms with Crippen LogP contribution in [0.15, 0.2) is 18.2 Å². The first-order valence-corrected chi connectivity index (χ1v) is 8.77. The fourth-order valence-corrected chi connectivity index (χ4v) is 2.64. The number of amides is 2. The summed E-state index contributed by atoms with van der Waals surface area (Å²) in [4.78, 5) is 26.4. The molecule has 0 aliphatic carbocycles. The van der Waals surface area contributed by atoms with Gasteiger partial charge in [-0.05, 0) is 35.6 Å². The molecule has 0 bridgehead atoms. The van der Waals surface area contributed by atoms with E-state index in [0.717, 1.165) is 0 Å². The van der Waals surface area contributed by atoms with Crippen molar-refractivity contribution in [2.45, 2.75) is 41.0 Å². The molecule has 1 aromatic carbocycles. The van der Waals surface area contributed by atoms with Crippen molar-refractivity contribution < 1.29 is 9.59 Å². The molecule has 26 heavy (non-hydrogen) atoms. The smallest absolute Gasteiger partial charge is 0.255 e. The molecule has 0 saturated carbocycles. The van der Waals surface area contributed by atoms with Crippen LogP contribution in [0.5, 0.6) is 0 Å². The fourth-order valence-electron chi connectivity index (χ4n) is 2.44. The van der Waals surface area contributed by atoms with E-state index in [9.17, 15) is 9.59 Å². The van der Waals surface area contributed by atoms with Gasteiger partial charge in [0.05, 0.1) is 10.6 Å². The maximum atomic E-state index is 12.7. The van der Waals surface area contributed by atoms with Crippen molar-refractivity contribution in [2.24, 2.45) is 16.6 Å². The maximum Gasteiger partial charge on any atom is 0.255 e. The number of benzene rings is 1. The molecule has 3 N–H and O–H groups in total. The van der Waals surface area contributed by atoms with Gasteiger partial charge in [0, 0.05) is 25.7 Å². The second kappa shape index (κ2) is 9.58. The van der Waals surface area contributed by atoms with Gasteiger partial charge in [-0.15, -0.1) is 12.4 Å². The highest BCUT2D eigenvalue weighted by atomic mass is 35.5. The van der Waals surface area contributed by atoms with Gasteiger partial charge in [0.1, 0.15) is 0 Å². The van der Waals surface area contributed by atoms with Gasteiger partial charge in [0.15, 0.2) is 0 Å². The van der Waals surface area contributed by atoms with Gasteiger partial charge < -0.3 is 16.0 Å². The van der Waals surface area contributed by atoms with Gasteiger partial charge >= 0.3 is 0 Å². The number of nitrogens with two attached hydrogens (primary N) is 1. The Balaban J connectivity index is 0.00000625. The molecule has 0 unspecified atom stereocenters. The van der Waals surface area contributed by atoms with Gasteiger partial charge in [0.25, 0.3) is 5.91 Å². The normalized spacial score (nSPS) is 11.5. The second-order valence-corrected chi connectivity index (χ2v) is 8.92. The Hall–Kier alpha value is -1.30. The number of carbonyl (C=O) groups excluding carboxylic acids is 2. The fraction of sp³-hybridized carbons (Fsp3) is 0.579. The Kier molecular flexibility index (Phi) is 9.10. The van der Waals surface area contributed by atoms with Crippen LogP contribution in [-0.2, 0) is 4.79 Å². The van der Waals surface area contributed by atoms with E-state index < -0.39 is 0 Å². The lowest BCUT2D eigenvalue weighted by atomic mass is 9.92. The minimum atomic E-state index is -0.196. The largest absolute Gasteiger partial charge is 0.341 e. The molecule has 0 aliphatic heterocycles. The van der Waals surface area contributed by atoms with E-state index in [4.69, 9.17) is 17.3 Å². The van der Waals surface area contributed by atoms with Crippen molar-refractivity contribution in [3.63, 3.8) is 0 Å². The van der Waals surface area contributed by atoms with E-state index in [1.165, 1.54) is 0 Å². The Morgan fingerprint density at radius 2 is 1.77 bits per heavy atom. The summed E-state index contributed by atoms with van der Waals surface area (Å²) in [5, 5.41) is 3.19. The standard InChI is InChI=1S/C19H30ClN3O2.ClH/c1-18(2,3)10-16(24)22-13-7-8-15(20)14(9-13)17(25)23(6)12-19(4,5)11-21;/h7-9H,10-12,21H2,1-6H3,(H,22,24);1H. The molecule has 0 fully saturated rings. The number of hydrogen-bond donors (Lipinski definition) is 2. The zero-order valence-corrected chi connectivity index (χ0v) is 18.1. The van der Waals surface area contributed by atoms with E-state index in [1.54, 1.807) is 30.1 Å². The summed E-state index contributed by atoms with van der Waals surface area (Å²) in [6.07, 6.45) is 0.392. The van der Waals surface area contributed by atoms with Crippen molar-refractivity contribution in [1.29, 1.82) is 0 Å². The van der Waals surface area contributed by atoms with Gasteiger partial charge in [-0.1, -0.05) is 46.2 Å². The maximum absolute atomic E-state index is 12.7. The Labute approximate surface area is 168 Å². The lowest BCUT2D eigenvalue weighted by Gasteiger charge is -2.29. The molecule has 0 atom stereocenters. The van der Waals surface area contributed by atoms with Gasteiger partial charge in [-0.25, -0.2) is 0 Å². The Morgan fingerprint density at radius 3 is 2.27 bits per heavy atom. The summed E-state index contributed by atoms with van der Waals surface area (Å²) in [7, 11) is 1.72. The van der Waals surface area contributed by atoms with Gasteiger partial charge in [-0.3, -0.25) is 9.59 Å². The molecule has 0 aliphatic rings. The van der Waals surface area contributed by atoms with Crippen molar-refractivity contribution >= 4 is 41.5 Å². The molecule has 0 heterocycles. The van der Waals surface area contributed by atoms with Crippen molar-refractivity contribution in [3.05, 3.63) is 28.8 Å². The molecular weight excluding hydrogens is 373 g/mol. The quantitative estimate of drug-likeness (QED) is 0.747. The summed E-state index contributed by atoms with van der Waals surface area (Å²) in [6.45, 7) is 11.0. The van der Waals surface area contributed by atoms with E-state index in [2.05, 4.69) is 5.32 Å². The van der Waals surface area contributed by atoms with E-state index in [-0.39, 0.29) is 35.1 Å². The van der Waals surface area contributed by atoms with Crippen molar-refractivity contribution in [3.8, 4) is 0 Å². The number of hydrogen-bond acceptors (Lipinski definition) is 3. The van der Waals surface area contributed by atoms with Crippen LogP contribution in [0.25, 0.3) is 0 Å². The molecule has 0 saturated heterocycles. The molecular formula is C19H31Cl2N3O2. The monoisotopic (exact) mass is 403 g/mol. The first-order chi connectivity index (χ1) is 11.3. The number of rotatable bonds is 6. The SMILES string of the molecule is CN(CC(C)(C)CN)C(=O)c1cc(NC(=O)CC(C)(C)C)ccc1Cl.Cl. The Morgan fingerprint density at radius 1 is 1.19 bits per heavy atom. The zero-order valence-electron chi connectivity index (χ0n) is 16.5. The van der Waals surface area contributed by atoms with Crippen LogP contribution in [0.3, 0.4) is 0 Å². The molecule has 0 aromatic heterocycles. The number of nitrogens with one attached hydrogen (secondary N) is 1. The molecule has 1 rings (SSSR count). The number of anilines is 1. The van der Waals surface area contributed by atoms with E-state index in [1.807, 2.05) is 34.6 Å². The summed E-state index contributed by atoms with van der Waals surface area (Å²) >= 11 is 6.20. The van der Waals surface area contributed by atoms with Crippen LogP contribution < -0.4 is 11.1 Å². The van der Waals surface area contributed by atoms with Gasteiger partial charge in [-0.2, -0.15) is 0 Å². The lowest BCUT2D eigenvalue weighted by Crippen LogP contribution is -2.39. The average Bonchev–Trinajstić information content (AvgIpc) is 2.46. The predicted molar refractivity (Wildman–Crippen MR) is 111 cm³/mol. The van der Waals surface area contributed by atoms with Crippen molar-refractivity contribution in [1.82, 2.24) is 4.90 Å². The number of carbonyl (C=O) groups is 2. The molecule has 0 spiro atoms. The highest BCUT2D eigenvalue weighted by Crippen LogP contribution is 2.25. The third-order valence-electron chi connectivity index (χ3n) is 3.74. The summed E-state index contributed by atoms with van der Waals surface area (Å²) in [5.41, 5.74) is 6.38. The molecule has 1 aromatic rings. The first-order valence-electron chi connectivity index (χ1n) is 8.39. The molecule has 5 nitrogen and oxygen atoms in total. The minimum Gasteiger partial charge on any atom is -0.341 e. The van der Waals surface area contributed by atoms with Gasteiger partial charge in [0.2, 0.25) is 5.91 Å². The first kappa shape index (κ1) is 24.7. The summed E-state index contributed by atoms with van der Waals surface area (Å²) < 4.78 is 0. The van der Waals surface area contributed by atoms with Crippen LogP contribution >= 0.6 is 24.0 Å². The molecule has 7 heteroatoms. The predicted octanol–water partition coefficient (Wildman–Crippen LogP) is 4.19. The lowest BCUT2D eigenvalue weighted by molar-refractivity contribution is -0.117. The number of halogens is 2. The zero-order chi connectivity index (χ0) is 19.4. The minimum absolute atomic E-state index is 0.